The van der Waals surface area contributed by atoms with E-state index in [1.807, 2.05) is 26.0 Å². The van der Waals surface area contributed by atoms with E-state index in [1.165, 1.54) is 4.31 Å². The number of rotatable bonds is 9. The molecule has 1 atom stereocenters. The molecule has 0 aliphatic rings. The molecule has 2 rings (SSSR count). The third-order valence-corrected chi connectivity index (χ3v) is 7.20. The van der Waals surface area contributed by atoms with Crippen molar-refractivity contribution in [2.75, 3.05) is 22.9 Å². The molecule has 0 aliphatic heterocycles. The van der Waals surface area contributed by atoms with Crippen molar-refractivity contribution in [2.45, 2.75) is 32.6 Å². The summed E-state index contributed by atoms with van der Waals surface area (Å²) < 4.78 is 26.0. The molecule has 2 aromatic rings. The van der Waals surface area contributed by atoms with Crippen LogP contribution in [0.1, 0.15) is 23.6 Å². The third kappa shape index (κ3) is 7.08. The molecule has 1 unspecified atom stereocenters. The normalized spacial score (nSPS) is 12.5. The molecule has 30 heavy (non-hydrogen) atoms. The van der Waals surface area contributed by atoms with Gasteiger partial charge in [0.15, 0.2) is 0 Å². The maximum Gasteiger partial charge on any atom is 0.243 e. The topological polar surface area (TPSA) is 66.5 Å². The lowest BCUT2D eigenvalue weighted by molar-refractivity contribution is -0.121. The van der Waals surface area contributed by atoms with Gasteiger partial charge >= 0.3 is 0 Å². The second-order valence-corrected chi connectivity index (χ2v) is 11.0. The molecular weight excluding hydrogens is 463 g/mol. The van der Waals surface area contributed by atoms with Crippen molar-refractivity contribution >= 4 is 56.6 Å². The number of carbonyl (C=O) groups excluding carboxylic acids is 1. The van der Waals surface area contributed by atoms with E-state index in [9.17, 15) is 13.2 Å². The van der Waals surface area contributed by atoms with Crippen molar-refractivity contribution in [3.8, 4) is 0 Å². The van der Waals surface area contributed by atoms with Gasteiger partial charge in [-0.2, -0.15) is 11.8 Å². The van der Waals surface area contributed by atoms with Gasteiger partial charge in [-0.05, 0) is 61.7 Å². The molecule has 1 N–H and O–H groups in total. The fraction of sp³-hybridized carbons (Fsp3) is 0.381. The van der Waals surface area contributed by atoms with Crippen LogP contribution >= 0.6 is 35.0 Å². The van der Waals surface area contributed by atoms with Crippen LogP contribution in [0.3, 0.4) is 0 Å². The van der Waals surface area contributed by atoms with Gasteiger partial charge in [0, 0.05) is 28.1 Å². The Morgan fingerprint density at radius 2 is 1.77 bits per heavy atom. The number of nitrogens with zero attached hydrogens (tertiary/aromatic N) is 1. The van der Waals surface area contributed by atoms with E-state index < -0.39 is 16.1 Å². The van der Waals surface area contributed by atoms with E-state index in [0.29, 0.717) is 33.8 Å². The minimum atomic E-state index is -3.63. The van der Waals surface area contributed by atoms with Crippen LogP contribution in [0, 0.1) is 13.8 Å². The van der Waals surface area contributed by atoms with Crippen LogP contribution < -0.4 is 9.62 Å². The highest BCUT2D eigenvalue weighted by Crippen LogP contribution is 2.25. The summed E-state index contributed by atoms with van der Waals surface area (Å²) in [5.41, 5.74) is 3.33. The average Bonchev–Trinajstić information content (AvgIpc) is 2.60. The molecule has 0 aromatic heterocycles. The molecule has 0 heterocycles. The Hall–Kier alpha value is -1.41. The summed E-state index contributed by atoms with van der Waals surface area (Å²) in [4.78, 5) is 12.6. The number of benzene rings is 2. The lowest BCUT2D eigenvalue weighted by Crippen LogP contribution is -2.48. The van der Waals surface area contributed by atoms with E-state index in [2.05, 4.69) is 5.32 Å². The SMILES string of the molecule is Cc1cc(C)cc(N(C(C)C(=O)NCCSCc2ccc(Cl)cc2Cl)S(C)(=O)=O)c1. The number of sulfonamides is 1. The summed E-state index contributed by atoms with van der Waals surface area (Å²) in [7, 11) is -3.63. The number of halogens is 2. The molecule has 0 aliphatic carbocycles. The summed E-state index contributed by atoms with van der Waals surface area (Å²) in [5, 5.41) is 4.03. The summed E-state index contributed by atoms with van der Waals surface area (Å²) in [6.07, 6.45) is 1.11. The smallest absolute Gasteiger partial charge is 0.243 e. The van der Waals surface area contributed by atoms with Crippen LogP contribution in [-0.4, -0.2) is 38.9 Å². The standard InChI is InChI=1S/C21H26Cl2N2O3S2/c1-14-9-15(2)11-19(10-14)25(30(4,27)28)16(3)21(26)24-7-8-29-13-17-5-6-18(22)12-20(17)23/h5-6,9-12,16H,7-8,13H2,1-4H3,(H,24,26). The molecule has 0 bridgehead atoms. The summed E-state index contributed by atoms with van der Waals surface area (Å²) in [6, 6.07) is 10.0. The summed E-state index contributed by atoms with van der Waals surface area (Å²) >= 11 is 13.7. The molecule has 2 aromatic carbocycles. The zero-order chi connectivity index (χ0) is 22.5. The Bertz CT molecular complexity index is 993. The van der Waals surface area contributed by atoms with E-state index in [1.54, 1.807) is 43.0 Å². The van der Waals surface area contributed by atoms with E-state index in [0.717, 1.165) is 22.9 Å². The van der Waals surface area contributed by atoms with Gasteiger partial charge in [0.05, 0.1) is 11.9 Å². The lowest BCUT2D eigenvalue weighted by Gasteiger charge is -2.28. The van der Waals surface area contributed by atoms with Gasteiger partial charge in [-0.25, -0.2) is 8.42 Å². The van der Waals surface area contributed by atoms with E-state index >= 15 is 0 Å². The predicted molar refractivity (Wildman–Crippen MR) is 128 cm³/mol. The van der Waals surface area contributed by atoms with Crippen molar-refractivity contribution in [3.63, 3.8) is 0 Å². The van der Waals surface area contributed by atoms with Gasteiger partial charge < -0.3 is 5.32 Å². The Labute approximate surface area is 193 Å². The van der Waals surface area contributed by atoms with Gasteiger partial charge in [-0.1, -0.05) is 35.3 Å². The van der Waals surface area contributed by atoms with Crippen molar-refractivity contribution in [3.05, 3.63) is 63.1 Å². The monoisotopic (exact) mass is 488 g/mol. The van der Waals surface area contributed by atoms with Crippen LogP contribution in [0.25, 0.3) is 0 Å². The quantitative estimate of drug-likeness (QED) is 0.514. The number of aryl methyl sites for hydroxylation is 2. The fourth-order valence-electron chi connectivity index (χ4n) is 3.10. The van der Waals surface area contributed by atoms with Gasteiger partial charge in [0.1, 0.15) is 6.04 Å². The highest BCUT2D eigenvalue weighted by atomic mass is 35.5. The molecule has 1 amide bonds. The van der Waals surface area contributed by atoms with Gasteiger partial charge in [-0.15, -0.1) is 0 Å². The van der Waals surface area contributed by atoms with Crippen LogP contribution in [0.2, 0.25) is 10.0 Å². The summed E-state index contributed by atoms with van der Waals surface area (Å²) in [6.45, 7) is 5.80. The molecule has 164 valence electrons. The zero-order valence-corrected chi connectivity index (χ0v) is 20.6. The molecule has 5 nitrogen and oxygen atoms in total. The molecule has 0 radical (unpaired) electrons. The zero-order valence-electron chi connectivity index (χ0n) is 17.4. The van der Waals surface area contributed by atoms with Crippen LogP contribution in [0.4, 0.5) is 5.69 Å². The molecule has 0 saturated heterocycles. The number of hydrogen-bond donors (Lipinski definition) is 1. The van der Waals surface area contributed by atoms with Crippen molar-refractivity contribution < 1.29 is 13.2 Å². The third-order valence-electron chi connectivity index (χ3n) is 4.37. The first-order valence-electron chi connectivity index (χ1n) is 9.36. The van der Waals surface area contributed by atoms with Crippen molar-refractivity contribution in [1.29, 1.82) is 0 Å². The lowest BCUT2D eigenvalue weighted by atomic mass is 10.1. The van der Waals surface area contributed by atoms with Crippen molar-refractivity contribution in [1.82, 2.24) is 5.32 Å². The summed E-state index contributed by atoms with van der Waals surface area (Å²) in [5.74, 6) is 1.02. The Kier molecular flexibility index (Phi) is 8.91. The minimum absolute atomic E-state index is 0.343. The largest absolute Gasteiger partial charge is 0.353 e. The molecule has 9 heteroatoms. The number of thioether (sulfide) groups is 1. The number of carbonyl (C=O) groups is 1. The maximum atomic E-state index is 12.6. The molecule has 0 fully saturated rings. The number of anilines is 1. The van der Waals surface area contributed by atoms with Crippen LogP contribution in [0.15, 0.2) is 36.4 Å². The first-order chi connectivity index (χ1) is 14.0. The molecular formula is C21H26Cl2N2O3S2. The second kappa shape index (κ2) is 10.8. The van der Waals surface area contributed by atoms with Gasteiger partial charge in [0.25, 0.3) is 0 Å². The van der Waals surface area contributed by atoms with E-state index in [4.69, 9.17) is 23.2 Å². The van der Waals surface area contributed by atoms with Crippen LogP contribution in [0.5, 0.6) is 0 Å². The Balaban J connectivity index is 1.95. The molecule has 0 saturated carbocycles. The second-order valence-electron chi connectivity index (χ2n) is 7.16. The predicted octanol–water partition coefficient (Wildman–Crippen LogP) is 4.81. The highest BCUT2D eigenvalue weighted by Gasteiger charge is 2.29. The minimum Gasteiger partial charge on any atom is -0.353 e. The highest BCUT2D eigenvalue weighted by molar-refractivity contribution is 7.98. The first kappa shape index (κ1) is 24.9. The van der Waals surface area contributed by atoms with Crippen molar-refractivity contribution in [2.24, 2.45) is 0 Å². The van der Waals surface area contributed by atoms with Gasteiger partial charge in [-0.3, -0.25) is 9.10 Å². The first-order valence-corrected chi connectivity index (χ1v) is 13.1. The fourth-order valence-corrected chi connectivity index (χ4v) is 5.68. The Morgan fingerprint density at radius 3 is 2.33 bits per heavy atom. The average molecular weight is 489 g/mol. The van der Waals surface area contributed by atoms with Crippen LogP contribution in [-0.2, 0) is 20.6 Å². The molecule has 0 spiro atoms. The Morgan fingerprint density at radius 1 is 1.13 bits per heavy atom. The number of amides is 1. The number of nitrogens with one attached hydrogen (secondary N) is 1. The maximum absolute atomic E-state index is 12.6. The van der Waals surface area contributed by atoms with E-state index in [-0.39, 0.29) is 5.91 Å². The van der Waals surface area contributed by atoms with Gasteiger partial charge in [0.2, 0.25) is 15.9 Å². The number of hydrogen-bond acceptors (Lipinski definition) is 4.